The Labute approximate surface area is 114 Å². The van der Waals surface area contributed by atoms with E-state index in [-0.39, 0.29) is 11.8 Å². The number of azide groups is 1. The van der Waals surface area contributed by atoms with Crippen molar-refractivity contribution in [1.82, 2.24) is 9.97 Å². The number of amides is 1. The van der Waals surface area contributed by atoms with Crippen LogP contribution >= 0.6 is 0 Å². The highest BCUT2D eigenvalue weighted by Gasteiger charge is 2.30. The number of anilines is 1. The van der Waals surface area contributed by atoms with Crippen molar-refractivity contribution in [3.8, 4) is 0 Å². The van der Waals surface area contributed by atoms with Gasteiger partial charge < -0.3 is 4.90 Å². The molecule has 1 saturated heterocycles. The summed E-state index contributed by atoms with van der Waals surface area (Å²) in [5.74, 6) is 0.127. The molecule has 1 aromatic carbocycles. The zero-order chi connectivity index (χ0) is 13.9. The Morgan fingerprint density at radius 1 is 1.35 bits per heavy atom. The van der Waals surface area contributed by atoms with Crippen LogP contribution in [-0.4, -0.2) is 29.0 Å². The van der Waals surface area contributed by atoms with Crippen molar-refractivity contribution in [3.63, 3.8) is 0 Å². The summed E-state index contributed by atoms with van der Waals surface area (Å²) in [4.78, 5) is 24.9. The van der Waals surface area contributed by atoms with Crippen LogP contribution < -0.4 is 4.90 Å². The molecule has 3 rings (SSSR count). The second kappa shape index (κ2) is 5.14. The van der Waals surface area contributed by atoms with E-state index in [0.29, 0.717) is 19.5 Å². The van der Waals surface area contributed by atoms with Crippen molar-refractivity contribution in [2.75, 3.05) is 18.0 Å². The largest absolute Gasteiger partial charge is 0.312 e. The minimum atomic E-state index is 0.0476. The Morgan fingerprint density at radius 3 is 2.95 bits per heavy atom. The van der Waals surface area contributed by atoms with Crippen LogP contribution in [0.5, 0.6) is 0 Å². The predicted molar refractivity (Wildman–Crippen MR) is 74.0 cm³/mol. The van der Waals surface area contributed by atoms with E-state index in [2.05, 4.69) is 20.0 Å². The molecule has 1 atom stereocenters. The molecule has 0 aliphatic carbocycles. The number of fused-ring (bicyclic) bond motifs is 1. The third-order valence-electron chi connectivity index (χ3n) is 3.37. The van der Waals surface area contributed by atoms with Crippen LogP contribution in [0, 0.1) is 5.92 Å². The Hall–Kier alpha value is -2.66. The first-order chi connectivity index (χ1) is 9.78. The summed E-state index contributed by atoms with van der Waals surface area (Å²) in [6.07, 6.45) is 3.68. The highest BCUT2D eigenvalue weighted by molar-refractivity contribution is 5.97. The summed E-state index contributed by atoms with van der Waals surface area (Å²) in [6, 6.07) is 5.58. The lowest BCUT2D eigenvalue weighted by atomic mass is 10.1. The van der Waals surface area contributed by atoms with Gasteiger partial charge in [0.05, 0.1) is 11.0 Å². The van der Waals surface area contributed by atoms with E-state index >= 15 is 0 Å². The number of rotatable bonds is 3. The number of hydrogen-bond acceptors (Lipinski definition) is 4. The smallest absolute Gasteiger partial charge is 0.227 e. The standard InChI is InChI=1S/C13H12N6O/c14-18-17-7-9-5-13(20)19(8-9)10-1-2-11-12(6-10)16-4-3-15-11/h1-4,6,9H,5,7-8H2. The van der Waals surface area contributed by atoms with Gasteiger partial charge in [0.25, 0.3) is 0 Å². The van der Waals surface area contributed by atoms with Gasteiger partial charge in [-0.15, -0.1) is 0 Å². The molecule has 0 radical (unpaired) electrons. The maximum atomic E-state index is 12.0. The molecule has 1 amide bonds. The van der Waals surface area contributed by atoms with Crippen LogP contribution in [-0.2, 0) is 4.79 Å². The molecular weight excluding hydrogens is 256 g/mol. The Morgan fingerprint density at radius 2 is 2.15 bits per heavy atom. The molecule has 7 heteroatoms. The maximum Gasteiger partial charge on any atom is 0.227 e. The quantitative estimate of drug-likeness (QED) is 0.485. The second-order valence-corrected chi connectivity index (χ2v) is 4.72. The number of benzene rings is 1. The highest BCUT2D eigenvalue weighted by Crippen LogP contribution is 2.27. The zero-order valence-electron chi connectivity index (χ0n) is 10.7. The zero-order valence-corrected chi connectivity index (χ0v) is 10.7. The molecule has 1 aliphatic heterocycles. The minimum absolute atomic E-state index is 0.0476. The normalized spacial score (nSPS) is 18.3. The monoisotopic (exact) mass is 268 g/mol. The summed E-state index contributed by atoms with van der Waals surface area (Å²) in [7, 11) is 0. The van der Waals surface area contributed by atoms with Gasteiger partial charge in [-0.3, -0.25) is 14.8 Å². The number of carbonyl (C=O) groups excluding carboxylic acids is 1. The molecule has 0 N–H and O–H groups in total. The molecule has 0 saturated carbocycles. The predicted octanol–water partition coefficient (Wildman–Crippen LogP) is 2.29. The number of carbonyl (C=O) groups is 1. The fourth-order valence-electron chi connectivity index (χ4n) is 2.42. The van der Waals surface area contributed by atoms with Crippen molar-refractivity contribution in [2.24, 2.45) is 11.0 Å². The van der Waals surface area contributed by atoms with Gasteiger partial charge in [0.1, 0.15) is 0 Å². The van der Waals surface area contributed by atoms with Gasteiger partial charge in [-0.25, -0.2) is 0 Å². The minimum Gasteiger partial charge on any atom is -0.312 e. The molecule has 2 aromatic rings. The maximum absolute atomic E-state index is 12.0. The van der Waals surface area contributed by atoms with Crippen LogP contribution in [0.3, 0.4) is 0 Å². The first-order valence-corrected chi connectivity index (χ1v) is 6.30. The van der Waals surface area contributed by atoms with E-state index < -0.39 is 0 Å². The molecule has 20 heavy (non-hydrogen) atoms. The average molecular weight is 268 g/mol. The molecule has 100 valence electrons. The van der Waals surface area contributed by atoms with Crippen LogP contribution in [0.15, 0.2) is 35.7 Å². The van der Waals surface area contributed by atoms with Gasteiger partial charge in [-0.1, -0.05) is 5.11 Å². The number of aromatic nitrogens is 2. The van der Waals surface area contributed by atoms with E-state index in [1.807, 2.05) is 18.2 Å². The molecule has 1 fully saturated rings. The van der Waals surface area contributed by atoms with Crippen molar-refractivity contribution < 1.29 is 4.79 Å². The first-order valence-electron chi connectivity index (χ1n) is 6.30. The lowest BCUT2D eigenvalue weighted by Crippen LogP contribution is -2.24. The Bertz CT molecular complexity index is 709. The van der Waals surface area contributed by atoms with Gasteiger partial charge >= 0.3 is 0 Å². The number of hydrogen-bond donors (Lipinski definition) is 0. The number of nitrogens with zero attached hydrogens (tertiary/aromatic N) is 6. The molecule has 7 nitrogen and oxygen atoms in total. The SMILES string of the molecule is [N-]=[N+]=NCC1CC(=O)N(c2ccc3nccnc3c2)C1. The lowest BCUT2D eigenvalue weighted by molar-refractivity contribution is -0.117. The molecule has 0 spiro atoms. The van der Waals surface area contributed by atoms with Gasteiger partial charge in [0.2, 0.25) is 5.91 Å². The summed E-state index contributed by atoms with van der Waals surface area (Å²) in [5, 5.41) is 3.55. The second-order valence-electron chi connectivity index (χ2n) is 4.72. The van der Waals surface area contributed by atoms with E-state index in [0.717, 1.165) is 16.7 Å². The fraction of sp³-hybridized carbons (Fsp3) is 0.308. The van der Waals surface area contributed by atoms with Crippen molar-refractivity contribution in [2.45, 2.75) is 6.42 Å². The third kappa shape index (κ3) is 2.26. The van der Waals surface area contributed by atoms with Crippen LogP contribution in [0.4, 0.5) is 5.69 Å². The molecule has 2 heterocycles. The molecule has 1 aromatic heterocycles. The topological polar surface area (TPSA) is 94.9 Å². The van der Waals surface area contributed by atoms with E-state index in [4.69, 9.17) is 5.53 Å². The molecule has 1 unspecified atom stereocenters. The van der Waals surface area contributed by atoms with Crippen LogP contribution in [0.1, 0.15) is 6.42 Å². The van der Waals surface area contributed by atoms with Crippen LogP contribution in [0.25, 0.3) is 21.5 Å². The first kappa shape index (κ1) is 12.4. The van der Waals surface area contributed by atoms with Crippen molar-refractivity contribution >= 4 is 22.6 Å². The van der Waals surface area contributed by atoms with Gasteiger partial charge in [0.15, 0.2) is 0 Å². The lowest BCUT2D eigenvalue weighted by Gasteiger charge is -2.16. The van der Waals surface area contributed by atoms with Gasteiger partial charge in [0, 0.05) is 42.5 Å². The Balaban J connectivity index is 1.87. The van der Waals surface area contributed by atoms with Crippen molar-refractivity contribution in [1.29, 1.82) is 0 Å². The molecule has 1 aliphatic rings. The summed E-state index contributed by atoms with van der Waals surface area (Å²) >= 11 is 0. The summed E-state index contributed by atoms with van der Waals surface area (Å²) in [5.41, 5.74) is 10.7. The average Bonchev–Trinajstić information content (AvgIpc) is 2.85. The summed E-state index contributed by atoms with van der Waals surface area (Å²) < 4.78 is 0. The van der Waals surface area contributed by atoms with Gasteiger partial charge in [-0.05, 0) is 29.6 Å². The highest BCUT2D eigenvalue weighted by atomic mass is 16.2. The van der Waals surface area contributed by atoms with E-state index in [1.54, 1.807) is 17.3 Å². The summed E-state index contributed by atoms with van der Waals surface area (Å²) in [6.45, 7) is 0.926. The van der Waals surface area contributed by atoms with E-state index in [1.165, 1.54) is 0 Å². The van der Waals surface area contributed by atoms with Crippen molar-refractivity contribution in [3.05, 3.63) is 41.0 Å². The fourth-order valence-corrected chi connectivity index (χ4v) is 2.42. The van der Waals surface area contributed by atoms with Crippen LogP contribution in [0.2, 0.25) is 0 Å². The molecule has 0 bridgehead atoms. The third-order valence-corrected chi connectivity index (χ3v) is 3.37. The van der Waals surface area contributed by atoms with E-state index in [9.17, 15) is 4.79 Å². The van der Waals surface area contributed by atoms with Gasteiger partial charge in [-0.2, -0.15) is 0 Å². The molecular formula is C13H12N6O. The Kier molecular flexibility index (Phi) is 3.18.